The molecule has 0 unspecified atom stereocenters. The molecule has 0 radical (unpaired) electrons. The van der Waals surface area contributed by atoms with Gasteiger partial charge >= 0.3 is 5.97 Å². The molecule has 2 aromatic heterocycles. The van der Waals surface area contributed by atoms with Crippen molar-refractivity contribution in [2.75, 3.05) is 0 Å². The molecule has 176 valence electrons. The normalized spacial score (nSPS) is 15.2. The zero-order chi connectivity index (χ0) is 24.0. The summed E-state index contributed by atoms with van der Waals surface area (Å²) in [7, 11) is 0. The third kappa shape index (κ3) is 5.04. The number of benzene rings is 1. The smallest absolute Gasteiger partial charge is 0.308 e. The molecule has 0 bridgehead atoms. The van der Waals surface area contributed by atoms with Crippen LogP contribution in [0.25, 0.3) is 11.6 Å². The first-order valence-corrected chi connectivity index (χ1v) is 11.1. The van der Waals surface area contributed by atoms with Gasteiger partial charge in [-0.15, -0.1) is 0 Å². The highest BCUT2D eigenvalue weighted by atomic mass is 35.5. The Morgan fingerprint density at radius 2 is 2.00 bits per heavy atom. The van der Waals surface area contributed by atoms with E-state index in [0.29, 0.717) is 15.9 Å². The van der Waals surface area contributed by atoms with Crippen LogP contribution in [0, 0.1) is 0 Å². The summed E-state index contributed by atoms with van der Waals surface area (Å²) in [4.78, 5) is 16.4. The van der Waals surface area contributed by atoms with Crippen molar-refractivity contribution < 1.29 is 22.8 Å². The number of halogens is 4. The molecule has 33 heavy (non-hydrogen) atoms. The van der Waals surface area contributed by atoms with E-state index in [1.54, 1.807) is 32.9 Å². The average molecular weight is 499 g/mol. The summed E-state index contributed by atoms with van der Waals surface area (Å²) in [6, 6.07) is 6.41. The molecule has 0 aliphatic heterocycles. The molecule has 1 aliphatic rings. The number of rotatable bonds is 7. The maximum absolute atomic E-state index is 13.6. The molecule has 0 spiro atoms. The Bertz CT molecular complexity index is 1180. The molecular formula is C22H22Cl2F2N4O3. The molecule has 4 rings (SSSR count). The summed E-state index contributed by atoms with van der Waals surface area (Å²) in [5.74, 6) is -0.0849. The van der Waals surface area contributed by atoms with E-state index in [1.807, 2.05) is 6.07 Å². The first-order valence-electron chi connectivity index (χ1n) is 10.4. The standard InChI is InChI=1S/C22H22Cl2F2N4O3/c1-21(2,3)32-17(31)6-9-30-16(18(25)26)11-15(28-30)19-27-20(29-33-19)22(7-8-22)13-5-4-12(23)10-14(13)24/h4-5,10-11,18H,6-9H2,1-3H3. The second-order valence-electron chi connectivity index (χ2n) is 8.94. The lowest BCUT2D eigenvalue weighted by molar-refractivity contribution is -0.155. The van der Waals surface area contributed by atoms with E-state index in [2.05, 4.69) is 15.2 Å². The number of aryl methyl sites for hydroxylation is 1. The Kier molecular flexibility index (Phi) is 6.22. The molecule has 2 heterocycles. The Balaban J connectivity index is 1.57. The fourth-order valence-electron chi connectivity index (χ4n) is 3.62. The fraction of sp³-hybridized carbons (Fsp3) is 0.455. The van der Waals surface area contributed by atoms with E-state index in [-0.39, 0.29) is 30.2 Å². The van der Waals surface area contributed by atoms with Crippen LogP contribution in [0.5, 0.6) is 0 Å². The van der Waals surface area contributed by atoms with Crippen LogP contribution < -0.4 is 0 Å². The topological polar surface area (TPSA) is 83.0 Å². The number of carbonyl (C=O) groups excluding carboxylic acids is 1. The Hall–Kier alpha value is -2.52. The first-order chi connectivity index (χ1) is 15.5. The third-order valence-corrected chi connectivity index (χ3v) is 5.80. The minimum absolute atomic E-state index is 0.0132. The van der Waals surface area contributed by atoms with Crippen LogP contribution in [0.2, 0.25) is 10.0 Å². The molecule has 11 heteroatoms. The summed E-state index contributed by atoms with van der Waals surface area (Å²) in [6.45, 7) is 5.13. The number of carbonyl (C=O) groups is 1. The molecule has 1 aromatic carbocycles. The van der Waals surface area contributed by atoms with Crippen LogP contribution in [-0.2, 0) is 21.5 Å². The number of hydrogen-bond acceptors (Lipinski definition) is 6. The molecule has 7 nitrogen and oxygen atoms in total. The molecular weight excluding hydrogens is 477 g/mol. The minimum Gasteiger partial charge on any atom is -0.460 e. The summed E-state index contributed by atoms with van der Waals surface area (Å²) in [5, 5.41) is 9.27. The number of ether oxygens (including phenoxy) is 1. The van der Waals surface area contributed by atoms with Crippen molar-refractivity contribution in [3.8, 4) is 11.6 Å². The summed E-state index contributed by atoms with van der Waals surface area (Å²) >= 11 is 12.4. The van der Waals surface area contributed by atoms with Crippen molar-refractivity contribution in [3.05, 3.63) is 51.4 Å². The monoisotopic (exact) mass is 498 g/mol. The van der Waals surface area contributed by atoms with Crippen molar-refractivity contribution in [1.82, 2.24) is 19.9 Å². The van der Waals surface area contributed by atoms with Gasteiger partial charge in [-0.3, -0.25) is 9.48 Å². The van der Waals surface area contributed by atoms with Crippen molar-refractivity contribution in [2.45, 2.75) is 64.0 Å². The first kappa shape index (κ1) is 23.6. The second-order valence-corrected chi connectivity index (χ2v) is 9.79. The van der Waals surface area contributed by atoms with E-state index in [0.717, 1.165) is 23.1 Å². The number of nitrogens with zero attached hydrogens (tertiary/aromatic N) is 4. The Labute approximate surface area is 199 Å². The van der Waals surface area contributed by atoms with Gasteiger partial charge in [0.15, 0.2) is 11.5 Å². The van der Waals surface area contributed by atoms with Gasteiger partial charge in [0.1, 0.15) is 11.3 Å². The van der Waals surface area contributed by atoms with Crippen molar-refractivity contribution >= 4 is 29.2 Å². The maximum atomic E-state index is 13.6. The van der Waals surface area contributed by atoms with Gasteiger partial charge in [-0.05, 0) is 57.4 Å². The Morgan fingerprint density at radius 3 is 2.61 bits per heavy atom. The van der Waals surface area contributed by atoms with Crippen molar-refractivity contribution in [1.29, 1.82) is 0 Å². The van der Waals surface area contributed by atoms with E-state index in [1.165, 1.54) is 6.07 Å². The number of alkyl halides is 2. The molecule has 1 aliphatic carbocycles. The predicted octanol–water partition coefficient (Wildman–Crippen LogP) is 5.99. The van der Waals surface area contributed by atoms with Crippen LogP contribution in [0.15, 0.2) is 28.8 Å². The highest BCUT2D eigenvalue weighted by Crippen LogP contribution is 2.54. The lowest BCUT2D eigenvalue weighted by Crippen LogP contribution is -2.24. The minimum atomic E-state index is -2.80. The highest BCUT2D eigenvalue weighted by molar-refractivity contribution is 6.35. The van der Waals surface area contributed by atoms with E-state index in [4.69, 9.17) is 32.5 Å². The molecule has 3 aromatic rings. The zero-order valence-corrected chi connectivity index (χ0v) is 19.8. The average Bonchev–Trinajstić information content (AvgIpc) is 3.16. The van der Waals surface area contributed by atoms with Gasteiger partial charge in [0.2, 0.25) is 0 Å². The van der Waals surface area contributed by atoms with Crippen LogP contribution in [-0.4, -0.2) is 31.5 Å². The SMILES string of the molecule is CC(C)(C)OC(=O)CCn1nc(-c2nc(C3(c4ccc(Cl)cc4Cl)CC3)no2)cc1C(F)F. The predicted molar refractivity (Wildman–Crippen MR) is 117 cm³/mol. The van der Waals surface area contributed by atoms with Gasteiger partial charge in [0.25, 0.3) is 12.3 Å². The molecule has 0 saturated heterocycles. The second kappa shape index (κ2) is 8.68. The van der Waals surface area contributed by atoms with E-state index >= 15 is 0 Å². The largest absolute Gasteiger partial charge is 0.460 e. The molecule has 0 amide bonds. The van der Waals surface area contributed by atoms with Crippen LogP contribution in [0.1, 0.15) is 63.5 Å². The molecule has 1 fully saturated rings. The number of hydrogen-bond donors (Lipinski definition) is 0. The number of esters is 1. The van der Waals surface area contributed by atoms with Gasteiger partial charge in [0, 0.05) is 10.0 Å². The van der Waals surface area contributed by atoms with Crippen molar-refractivity contribution in [3.63, 3.8) is 0 Å². The van der Waals surface area contributed by atoms with Crippen LogP contribution in [0.4, 0.5) is 8.78 Å². The summed E-state index contributed by atoms with van der Waals surface area (Å²) in [6.07, 6.45) is -1.37. The van der Waals surface area contributed by atoms with Gasteiger partial charge < -0.3 is 9.26 Å². The molecule has 1 saturated carbocycles. The van der Waals surface area contributed by atoms with Crippen LogP contribution in [0.3, 0.4) is 0 Å². The summed E-state index contributed by atoms with van der Waals surface area (Å²) < 4.78 is 38.8. The highest BCUT2D eigenvalue weighted by Gasteiger charge is 2.51. The third-order valence-electron chi connectivity index (χ3n) is 5.25. The quantitative estimate of drug-likeness (QED) is 0.372. The lowest BCUT2D eigenvalue weighted by atomic mass is 9.95. The van der Waals surface area contributed by atoms with Crippen LogP contribution >= 0.6 is 23.2 Å². The van der Waals surface area contributed by atoms with Gasteiger partial charge in [-0.1, -0.05) is 34.4 Å². The Morgan fingerprint density at radius 1 is 1.27 bits per heavy atom. The van der Waals surface area contributed by atoms with Gasteiger partial charge in [0.05, 0.1) is 18.4 Å². The van der Waals surface area contributed by atoms with Gasteiger partial charge in [-0.2, -0.15) is 10.1 Å². The van der Waals surface area contributed by atoms with Gasteiger partial charge in [-0.25, -0.2) is 8.78 Å². The number of aromatic nitrogens is 4. The molecule has 0 N–H and O–H groups in total. The molecule has 0 atom stereocenters. The lowest BCUT2D eigenvalue weighted by Gasteiger charge is -2.19. The summed E-state index contributed by atoms with van der Waals surface area (Å²) in [5.41, 5.74) is -0.587. The van der Waals surface area contributed by atoms with Crippen molar-refractivity contribution in [2.24, 2.45) is 0 Å². The maximum Gasteiger partial charge on any atom is 0.308 e. The van der Waals surface area contributed by atoms with E-state index < -0.39 is 23.4 Å². The zero-order valence-electron chi connectivity index (χ0n) is 18.2. The fourth-order valence-corrected chi connectivity index (χ4v) is 4.21. The van der Waals surface area contributed by atoms with E-state index in [9.17, 15) is 13.6 Å².